The second-order valence-corrected chi connectivity index (χ2v) is 7.32. The Morgan fingerprint density at radius 1 is 0.970 bits per heavy atom. The van der Waals surface area contributed by atoms with Gasteiger partial charge >= 0.3 is 0 Å². The van der Waals surface area contributed by atoms with Crippen molar-refractivity contribution in [2.24, 2.45) is 0 Å². The second kappa shape index (κ2) is 9.12. The van der Waals surface area contributed by atoms with E-state index in [-0.39, 0.29) is 17.7 Å². The summed E-state index contributed by atoms with van der Waals surface area (Å²) in [6.07, 6.45) is 1.49. The number of aliphatic hydroxyl groups is 1. The number of methoxy groups -OCH3 is 3. The first kappa shape index (κ1) is 22.0. The number of nitrogens with zero attached hydrogens (tertiary/aromatic N) is 1. The molecule has 33 heavy (non-hydrogen) atoms. The Balaban J connectivity index is 1.95. The number of carbonyl (C=O) groups excluding carboxylic acids is 2. The third-order valence-corrected chi connectivity index (χ3v) is 5.52. The van der Waals surface area contributed by atoms with E-state index in [1.54, 1.807) is 54.6 Å². The van der Waals surface area contributed by atoms with Crippen LogP contribution in [0.25, 0.3) is 5.76 Å². The molecule has 0 aliphatic carbocycles. The molecular weight excluding hydrogens is 426 g/mol. The standard InChI is InChI=1S/C25H23NO7/c1-30-16-8-4-7-15(13-16)22-21(23(27)20-18(31-2)10-5-11-19(20)32-3)24(28)25(29)26(22)14-17-9-6-12-33-17/h4-13,22,27H,14H2,1-3H3/b23-21+. The van der Waals surface area contributed by atoms with Crippen LogP contribution in [-0.4, -0.2) is 43.0 Å². The molecule has 8 heteroatoms. The van der Waals surface area contributed by atoms with Gasteiger partial charge < -0.3 is 28.6 Å². The minimum absolute atomic E-state index is 0.0410. The average molecular weight is 449 g/mol. The Kier molecular flexibility index (Phi) is 6.08. The molecule has 0 radical (unpaired) electrons. The summed E-state index contributed by atoms with van der Waals surface area (Å²) in [4.78, 5) is 27.7. The van der Waals surface area contributed by atoms with Crippen molar-refractivity contribution in [3.8, 4) is 17.2 Å². The molecule has 4 rings (SSSR count). The van der Waals surface area contributed by atoms with Gasteiger partial charge in [-0.25, -0.2) is 0 Å². The van der Waals surface area contributed by atoms with Crippen LogP contribution in [0, 0.1) is 0 Å². The van der Waals surface area contributed by atoms with Crippen LogP contribution in [0.15, 0.2) is 70.9 Å². The van der Waals surface area contributed by atoms with Gasteiger partial charge in [-0.1, -0.05) is 18.2 Å². The molecule has 0 spiro atoms. The van der Waals surface area contributed by atoms with Crippen LogP contribution in [0.4, 0.5) is 0 Å². The van der Waals surface area contributed by atoms with Gasteiger partial charge in [-0.05, 0) is 42.0 Å². The van der Waals surface area contributed by atoms with Crippen molar-refractivity contribution >= 4 is 17.4 Å². The average Bonchev–Trinajstić information content (AvgIpc) is 3.45. The number of likely N-dealkylation sites (tertiary alicyclic amines) is 1. The molecule has 2 aromatic carbocycles. The number of ketones is 1. The van der Waals surface area contributed by atoms with E-state index >= 15 is 0 Å². The maximum absolute atomic E-state index is 13.2. The fourth-order valence-corrected chi connectivity index (χ4v) is 3.99. The van der Waals surface area contributed by atoms with Gasteiger partial charge in [0.25, 0.3) is 11.7 Å². The molecule has 0 bridgehead atoms. The topological polar surface area (TPSA) is 98.4 Å². The number of amides is 1. The summed E-state index contributed by atoms with van der Waals surface area (Å²) >= 11 is 0. The molecule has 1 atom stereocenters. The lowest BCUT2D eigenvalue weighted by Gasteiger charge is -2.25. The van der Waals surface area contributed by atoms with Gasteiger partial charge in [0.05, 0.1) is 45.8 Å². The van der Waals surface area contributed by atoms with Crippen molar-refractivity contribution in [2.75, 3.05) is 21.3 Å². The van der Waals surface area contributed by atoms with Gasteiger partial charge in [0.15, 0.2) is 0 Å². The van der Waals surface area contributed by atoms with E-state index in [4.69, 9.17) is 18.6 Å². The van der Waals surface area contributed by atoms with Gasteiger partial charge in [0.2, 0.25) is 0 Å². The van der Waals surface area contributed by atoms with Crippen molar-refractivity contribution in [1.82, 2.24) is 4.90 Å². The zero-order valence-electron chi connectivity index (χ0n) is 18.4. The largest absolute Gasteiger partial charge is 0.506 e. The van der Waals surface area contributed by atoms with Gasteiger partial charge in [-0.2, -0.15) is 0 Å². The molecule has 1 amide bonds. The minimum atomic E-state index is -0.889. The summed E-state index contributed by atoms with van der Waals surface area (Å²) in [6, 6.07) is 14.5. The highest BCUT2D eigenvalue weighted by atomic mass is 16.5. The molecule has 1 fully saturated rings. The van der Waals surface area contributed by atoms with E-state index in [0.717, 1.165) is 0 Å². The van der Waals surface area contributed by atoms with Gasteiger partial charge in [0.1, 0.15) is 34.3 Å². The summed E-state index contributed by atoms with van der Waals surface area (Å²) in [6.45, 7) is 0.0410. The zero-order chi connectivity index (χ0) is 23.5. The zero-order valence-corrected chi connectivity index (χ0v) is 18.4. The second-order valence-electron chi connectivity index (χ2n) is 7.32. The quantitative estimate of drug-likeness (QED) is 0.332. The maximum Gasteiger partial charge on any atom is 0.296 e. The Morgan fingerprint density at radius 3 is 2.27 bits per heavy atom. The first-order valence-electron chi connectivity index (χ1n) is 10.2. The molecule has 1 aromatic heterocycles. The predicted octanol–water partition coefficient (Wildman–Crippen LogP) is 3.93. The smallest absolute Gasteiger partial charge is 0.296 e. The highest BCUT2D eigenvalue weighted by molar-refractivity contribution is 6.46. The number of carbonyl (C=O) groups is 2. The predicted molar refractivity (Wildman–Crippen MR) is 119 cm³/mol. The minimum Gasteiger partial charge on any atom is -0.506 e. The van der Waals surface area contributed by atoms with Crippen LogP contribution in [0.2, 0.25) is 0 Å². The number of hydrogen-bond donors (Lipinski definition) is 1. The maximum atomic E-state index is 13.2. The number of rotatable bonds is 7. The van der Waals surface area contributed by atoms with E-state index in [0.29, 0.717) is 28.6 Å². The lowest BCUT2D eigenvalue weighted by atomic mass is 9.94. The third kappa shape index (κ3) is 3.91. The van der Waals surface area contributed by atoms with Crippen LogP contribution in [0.3, 0.4) is 0 Å². The molecule has 3 aromatic rings. The van der Waals surface area contributed by atoms with E-state index in [2.05, 4.69) is 0 Å². The van der Waals surface area contributed by atoms with Crippen LogP contribution in [-0.2, 0) is 16.1 Å². The molecule has 2 heterocycles. The van der Waals surface area contributed by atoms with Crippen LogP contribution >= 0.6 is 0 Å². The Morgan fingerprint density at radius 2 is 1.67 bits per heavy atom. The van der Waals surface area contributed by atoms with Gasteiger partial charge in [-0.15, -0.1) is 0 Å². The number of benzene rings is 2. The molecule has 1 unspecified atom stereocenters. The Hall–Kier alpha value is -4.20. The first-order chi connectivity index (χ1) is 16.0. The summed E-state index contributed by atoms with van der Waals surface area (Å²) in [5.74, 6) is -0.320. The molecule has 0 saturated carbocycles. The molecule has 8 nitrogen and oxygen atoms in total. The Labute approximate surface area is 190 Å². The highest BCUT2D eigenvalue weighted by Gasteiger charge is 2.47. The lowest BCUT2D eigenvalue weighted by molar-refractivity contribution is -0.140. The lowest BCUT2D eigenvalue weighted by Crippen LogP contribution is -2.29. The normalized spacial score (nSPS) is 17.3. The van der Waals surface area contributed by atoms with Crippen molar-refractivity contribution in [2.45, 2.75) is 12.6 Å². The molecule has 1 aliphatic rings. The SMILES string of the molecule is COc1cccc(C2/C(=C(\O)c3c(OC)cccc3OC)C(=O)C(=O)N2Cc2ccco2)c1. The number of aliphatic hydroxyl groups excluding tert-OH is 1. The molecule has 1 aliphatic heterocycles. The summed E-state index contributed by atoms with van der Waals surface area (Å²) in [5, 5.41) is 11.4. The van der Waals surface area contributed by atoms with E-state index < -0.39 is 23.5 Å². The Bertz CT molecular complexity index is 1190. The number of Topliss-reactive ketones (excluding diaryl/α,β-unsaturated/α-hetero) is 1. The van der Waals surface area contributed by atoms with Crippen molar-refractivity contribution in [3.63, 3.8) is 0 Å². The van der Waals surface area contributed by atoms with Crippen LogP contribution in [0.5, 0.6) is 17.2 Å². The fourth-order valence-electron chi connectivity index (χ4n) is 3.99. The third-order valence-electron chi connectivity index (χ3n) is 5.52. The number of ether oxygens (including phenoxy) is 3. The number of hydrogen-bond acceptors (Lipinski definition) is 7. The van der Waals surface area contributed by atoms with Gasteiger partial charge in [0, 0.05) is 0 Å². The van der Waals surface area contributed by atoms with Crippen molar-refractivity contribution in [1.29, 1.82) is 0 Å². The summed E-state index contributed by atoms with van der Waals surface area (Å²) < 4.78 is 21.6. The fraction of sp³-hybridized carbons (Fsp3) is 0.200. The van der Waals surface area contributed by atoms with Crippen LogP contribution < -0.4 is 14.2 Å². The van der Waals surface area contributed by atoms with Crippen molar-refractivity contribution < 1.29 is 33.3 Å². The van der Waals surface area contributed by atoms with Gasteiger partial charge in [-0.3, -0.25) is 9.59 Å². The van der Waals surface area contributed by atoms with E-state index in [1.165, 1.54) is 32.5 Å². The molecule has 1 saturated heterocycles. The first-order valence-corrected chi connectivity index (χ1v) is 10.2. The summed E-state index contributed by atoms with van der Waals surface area (Å²) in [5.41, 5.74) is 0.699. The highest BCUT2D eigenvalue weighted by Crippen LogP contribution is 2.44. The monoisotopic (exact) mass is 449 g/mol. The summed E-state index contributed by atoms with van der Waals surface area (Å²) in [7, 11) is 4.42. The van der Waals surface area contributed by atoms with E-state index in [1.807, 2.05) is 0 Å². The molecule has 170 valence electrons. The number of furan rings is 1. The van der Waals surface area contributed by atoms with E-state index in [9.17, 15) is 14.7 Å². The van der Waals surface area contributed by atoms with Crippen LogP contribution in [0.1, 0.15) is 22.9 Å². The molecular formula is C25H23NO7. The molecule has 1 N–H and O–H groups in total. The van der Waals surface area contributed by atoms with Crippen molar-refractivity contribution in [3.05, 3.63) is 83.3 Å².